The molecule has 0 spiro atoms. The van der Waals surface area contributed by atoms with E-state index in [1.807, 2.05) is 0 Å². The van der Waals surface area contributed by atoms with Gasteiger partial charge in [-0.05, 0) is 31.9 Å². The third-order valence-corrected chi connectivity index (χ3v) is 3.97. The molecule has 2 fully saturated rings. The predicted octanol–water partition coefficient (Wildman–Crippen LogP) is 2.10. The summed E-state index contributed by atoms with van der Waals surface area (Å²) in [5.41, 5.74) is 2.86. The van der Waals surface area contributed by atoms with E-state index in [-0.39, 0.29) is 0 Å². The quantitative estimate of drug-likeness (QED) is 0.773. The minimum atomic E-state index is 0.598. The summed E-state index contributed by atoms with van der Waals surface area (Å²) in [5.74, 6) is 0. The van der Waals surface area contributed by atoms with Gasteiger partial charge < -0.3 is 5.32 Å². The average molecular weight is 216 g/mol. The van der Waals surface area contributed by atoms with E-state index in [0.29, 0.717) is 6.04 Å². The molecule has 3 rings (SSSR count). The van der Waals surface area contributed by atoms with E-state index in [1.165, 1.54) is 37.1 Å². The van der Waals surface area contributed by atoms with Gasteiger partial charge in [-0.3, -0.25) is 4.90 Å². The maximum Gasteiger partial charge on any atom is 0.0476 e. The molecule has 1 aromatic rings. The number of aryl methyl sites for hydroxylation is 1. The van der Waals surface area contributed by atoms with Crippen LogP contribution in [0.3, 0.4) is 0 Å². The first-order valence-corrected chi connectivity index (χ1v) is 6.37. The molecule has 1 N–H and O–H groups in total. The molecule has 2 aliphatic heterocycles. The van der Waals surface area contributed by atoms with E-state index < -0.39 is 0 Å². The minimum absolute atomic E-state index is 0.598. The van der Waals surface area contributed by atoms with Gasteiger partial charge in [-0.1, -0.05) is 29.8 Å². The highest BCUT2D eigenvalue weighted by Gasteiger charge is 2.34. The normalized spacial score (nSPS) is 30.3. The van der Waals surface area contributed by atoms with Gasteiger partial charge in [0.05, 0.1) is 0 Å². The van der Waals surface area contributed by atoms with E-state index in [4.69, 9.17) is 0 Å². The standard InChI is InChI=1S/C14H20N2/c1-11-4-2-5-12(8-11)14-10-15-9-13-6-3-7-16(13)14/h2,4-5,8,13-15H,3,6-7,9-10H2,1H3/t13-,14?/m0/s1. The molecule has 0 aromatic heterocycles. The van der Waals surface area contributed by atoms with Crippen molar-refractivity contribution < 1.29 is 0 Å². The predicted molar refractivity (Wildman–Crippen MR) is 66.5 cm³/mol. The molecule has 2 nitrogen and oxygen atoms in total. The van der Waals surface area contributed by atoms with Crippen molar-refractivity contribution in [1.82, 2.24) is 10.2 Å². The van der Waals surface area contributed by atoms with E-state index in [0.717, 1.165) is 12.6 Å². The SMILES string of the molecule is Cc1cccc(C2CNC[C@@H]3CCCN23)c1. The molecule has 2 atom stereocenters. The fourth-order valence-corrected chi connectivity index (χ4v) is 3.18. The largest absolute Gasteiger partial charge is 0.313 e. The summed E-state index contributed by atoms with van der Waals surface area (Å²) in [6, 6.07) is 10.4. The van der Waals surface area contributed by atoms with E-state index in [1.54, 1.807) is 0 Å². The highest BCUT2D eigenvalue weighted by atomic mass is 15.3. The second-order valence-corrected chi connectivity index (χ2v) is 5.12. The molecule has 0 radical (unpaired) electrons. The van der Waals surface area contributed by atoms with E-state index >= 15 is 0 Å². The summed E-state index contributed by atoms with van der Waals surface area (Å²) < 4.78 is 0. The molecule has 1 aromatic carbocycles. The van der Waals surface area contributed by atoms with Gasteiger partial charge in [0.15, 0.2) is 0 Å². The summed E-state index contributed by atoms with van der Waals surface area (Å²) in [6.45, 7) is 5.76. The maximum atomic E-state index is 3.58. The minimum Gasteiger partial charge on any atom is -0.313 e. The van der Waals surface area contributed by atoms with E-state index in [2.05, 4.69) is 41.4 Å². The van der Waals surface area contributed by atoms with Gasteiger partial charge in [-0.25, -0.2) is 0 Å². The lowest BCUT2D eigenvalue weighted by molar-refractivity contribution is 0.138. The Kier molecular flexibility index (Phi) is 2.70. The summed E-state index contributed by atoms with van der Waals surface area (Å²) in [7, 11) is 0. The molecule has 2 aliphatic rings. The maximum absolute atomic E-state index is 3.58. The number of hydrogen-bond acceptors (Lipinski definition) is 2. The number of fused-ring (bicyclic) bond motifs is 1. The van der Waals surface area contributed by atoms with Crippen LogP contribution in [0.1, 0.15) is 30.0 Å². The number of rotatable bonds is 1. The lowest BCUT2D eigenvalue weighted by atomic mass is 10.00. The smallest absolute Gasteiger partial charge is 0.0476 e. The Hall–Kier alpha value is -0.860. The first-order chi connectivity index (χ1) is 7.84. The zero-order chi connectivity index (χ0) is 11.0. The average Bonchev–Trinajstić information content (AvgIpc) is 2.76. The Morgan fingerprint density at radius 3 is 3.12 bits per heavy atom. The van der Waals surface area contributed by atoms with Crippen molar-refractivity contribution in [3.05, 3.63) is 35.4 Å². The van der Waals surface area contributed by atoms with Crippen molar-refractivity contribution >= 4 is 0 Å². The number of benzene rings is 1. The lowest BCUT2D eigenvalue weighted by Gasteiger charge is -2.38. The Morgan fingerprint density at radius 1 is 1.31 bits per heavy atom. The van der Waals surface area contributed by atoms with Crippen molar-refractivity contribution in [3.63, 3.8) is 0 Å². The molecule has 0 amide bonds. The molecular formula is C14H20N2. The van der Waals surface area contributed by atoms with Crippen LogP contribution in [0.15, 0.2) is 24.3 Å². The molecule has 86 valence electrons. The first kappa shape index (κ1) is 10.3. The Bertz CT molecular complexity index is 375. The van der Waals surface area contributed by atoms with Gasteiger partial charge in [-0.15, -0.1) is 0 Å². The summed E-state index contributed by atoms with van der Waals surface area (Å²) in [6.07, 6.45) is 2.74. The fraction of sp³-hybridized carbons (Fsp3) is 0.571. The Balaban J connectivity index is 1.88. The van der Waals surface area contributed by atoms with Crippen LogP contribution in [0.5, 0.6) is 0 Å². The molecule has 0 aliphatic carbocycles. The van der Waals surface area contributed by atoms with Gasteiger partial charge >= 0.3 is 0 Å². The van der Waals surface area contributed by atoms with Crippen molar-refractivity contribution in [3.8, 4) is 0 Å². The zero-order valence-corrected chi connectivity index (χ0v) is 9.95. The Morgan fingerprint density at radius 2 is 2.25 bits per heavy atom. The Labute approximate surface area is 97.6 Å². The molecule has 2 saturated heterocycles. The van der Waals surface area contributed by atoms with Gasteiger partial charge in [0.25, 0.3) is 0 Å². The van der Waals surface area contributed by atoms with Crippen LogP contribution >= 0.6 is 0 Å². The molecule has 0 bridgehead atoms. The van der Waals surface area contributed by atoms with Crippen molar-refractivity contribution in [1.29, 1.82) is 0 Å². The summed E-state index contributed by atoms with van der Waals surface area (Å²) >= 11 is 0. The van der Waals surface area contributed by atoms with Crippen LogP contribution in [0.25, 0.3) is 0 Å². The van der Waals surface area contributed by atoms with E-state index in [9.17, 15) is 0 Å². The number of hydrogen-bond donors (Lipinski definition) is 1. The molecule has 1 unspecified atom stereocenters. The van der Waals surface area contributed by atoms with Crippen LogP contribution in [0.2, 0.25) is 0 Å². The monoisotopic (exact) mass is 216 g/mol. The summed E-state index contributed by atoms with van der Waals surface area (Å²) in [5, 5.41) is 3.58. The highest BCUT2D eigenvalue weighted by molar-refractivity contribution is 5.26. The van der Waals surface area contributed by atoms with Crippen LogP contribution in [0, 0.1) is 6.92 Å². The van der Waals surface area contributed by atoms with Crippen LogP contribution in [0.4, 0.5) is 0 Å². The molecule has 16 heavy (non-hydrogen) atoms. The van der Waals surface area contributed by atoms with Crippen molar-refractivity contribution in [2.75, 3.05) is 19.6 Å². The third kappa shape index (κ3) is 1.76. The first-order valence-electron chi connectivity index (χ1n) is 6.37. The zero-order valence-electron chi connectivity index (χ0n) is 9.95. The highest BCUT2D eigenvalue weighted by Crippen LogP contribution is 2.31. The molecule has 2 heteroatoms. The third-order valence-electron chi connectivity index (χ3n) is 3.97. The van der Waals surface area contributed by atoms with Crippen molar-refractivity contribution in [2.24, 2.45) is 0 Å². The number of piperazine rings is 1. The van der Waals surface area contributed by atoms with Crippen LogP contribution < -0.4 is 5.32 Å². The molecule has 2 heterocycles. The van der Waals surface area contributed by atoms with Gasteiger partial charge in [0, 0.05) is 25.2 Å². The second-order valence-electron chi connectivity index (χ2n) is 5.12. The second kappa shape index (κ2) is 4.19. The number of nitrogens with one attached hydrogen (secondary N) is 1. The topological polar surface area (TPSA) is 15.3 Å². The van der Waals surface area contributed by atoms with Gasteiger partial charge in [-0.2, -0.15) is 0 Å². The number of nitrogens with zero attached hydrogens (tertiary/aromatic N) is 1. The fourth-order valence-electron chi connectivity index (χ4n) is 3.18. The summed E-state index contributed by atoms with van der Waals surface area (Å²) in [4.78, 5) is 2.70. The van der Waals surface area contributed by atoms with Crippen LogP contribution in [-0.2, 0) is 0 Å². The molecular weight excluding hydrogens is 196 g/mol. The van der Waals surface area contributed by atoms with Gasteiger partial charge in [0.2, 0.25) is 0 Å². The van der Waals surface area contributed by atoms with Gasteiger partial charge in [0.1, 0.15) is 0 Å². The lowest BCUT2D eigenvalue weighted by Crippen LogP contribution is -2.49. The molecule has 0 saturated carbocycles. The van der Waals surface area contributed by atoms with Crippen molar-refractivity contribution in [2.45, 2.75) is 31.8 Å². The van der Waals surface area contributed by atoms with Crippen LogP contribution in [-0.4, -0.2) is 30.6 Å².